The summed E-state index contributed by atoms with van der Waals surface area (Å²) in [4.78, 5) is 24.6. The molecule has 0 atom stereocenters. The third kappa shape index (κ3) is 6.65. The van der Waals surface area contributed by atoms with Crippen molar-refractivity contribution >= 4 is 11.9 Å². The number of carbonyl (C=O) groups excluding carboxylic acids is 2. The van der Waals surface area contributed by atoms with Gasteiger partial charge in [-0.15, -0.1) is 0 Å². The normalized spacial score (nSPS) is 14.5. The Morgan fingerprint density at radius 1 is 1.20 bits per heavy atom. The van der Waals surface area contributed by atoms with Crippen LogP contribution < -0.4 is 10.6 Å². The molecule has 0 aromatic heterocycles. The molecule has 0 aliphatic heterocycles. The average molecular weight is 365 g/mol. The molecule has 0 radical (unpaired) electrons. The van der Waals surface area contributed by atoms with E-state index in [-0.39, 0.29) is 24.7 Å². The fourth-order valence-corrected chi connectivity index (χ4v) is 2.20. The van der Waals surface area contributed by atoms with E-state index in [1.165, 1.54) is 11.4 Å². The van der Waals surface area contributed by atoms with Crippen molar-refractivity contribution < 1.29 is 31.5 Å². The van der Waals surface area contributed by atoms with Gasteiger partial charge in [-0.1, -0.05) is 6.07 Å². The van der Waals surface area contributed by atoms with Gasteiger partial charge in [-0.3, -0.25) is 15.0 Å². The summed E-state index contributed by atoms with van der Waals surface area (Å²) in [6, 6.07) is 1.83. The van der Waals surface area contributed by atoms with Crippen molar-refractivity contribution in [2.75, 3.05) is 13.1 Å². The lowest BCUT2D eigenvalue weighted by atomic mass is 10.2. The monoisotopic (exact) mass is 365 g/mol. The molecule has 138 valence electrons. The Morgan fingerprint density at radius 3 is 2.44 bits per heavy atom. The van der Waals surface area contributed by atoms with Gasteiger partial charge in [0.15, 0.2) is 0 Å². The van der Waals surface area contributed by atoms with Crippen LogP contribution in [0.5, 0.6) is 0 Å². The van der Waals surface area contributed by atoms with E-state index in [1.54, 1.807) is 10.2 Å². The summed E-state index contributed by atoms with van der Waals surface area (Å²) in [5.74, 6) is -2.29. The number of imide groups is 1. The molecule has 2 N–H and O–H groups in total. The highest BCUT2D eigenvalue weighted by atomic mass is 19.4. The molecule has 1 aliphatic carbocycles. The quantitative estimate of drug-likeness (QED) is 0.761. The van der Waals surface area contributed by atoms with Gasteiger partial charge in [-0.05, 0) is 18.9 Å². The lowest BCUT2D eigenvalue weighted by Crippen LogP contribution is -2.47. The van der Waals surface area contributed by atoms with Crippen molar-refractivity contribution in [1.82, 2.24) is 15.5 Å². The predicted octanol–water partition coefficient (Wildman–Crippen LogP) is 2.32. The molecule has 10 heteroatoms. The molecule has 3 amide bonds. The minimum Gasteiger partial charge on any atom is -0.329 e. The van der Waals surface area contributed by atoms with E-state index in [9.17, 15) is 31.5 Å². The van der Waals surface area contributed by atoms with Crippen LogP contribution in [0.4, 0.5) is 26.7 Å². The van der Waals surface area contributed by atoms with Crippen LogP contribution in [0, 0.1) is 11.6 Å². The minimum absolute atomic E-state index is 0.00781. The number of urea groups is 1. The molecule has 0 saturated heterocycles. The summed E-state index contributed by atoms with van der Waals surface area (Å²) < 4.78 is 62.6. The van der Waals surface area contributed by atoms with Gasteiger partial charge in [0.1, 0.15) is 18.2 Å². The van der Waals surface area contributed by atoms with Crippen molar-refractivity contribution in [3.05, 3.63) is 35.4 Å². The van der Waals surface area contributed by atoms with Gasteiger partial charge < -0.3 is 5.32 Å². The van der Waals surface area contributed by atoms with Crippen LogP contribution in [0.15, 0.2) is 18.2 Å². The molecule has 1 aliphatic rings. The molecule has 1 saturated carbocycles. The summed E-state index contributed by atoms with van der Waals surface area (Å²) >= 11 is 0. The van der Waals surface area contributed by atoms with Crippen molar-refractivity contribution in [2.24, 2.45) is 0 Å². The van der Waals surface area contributed by atoms with E-state index in [0.29, 0.717) is 0 Å². The number of alkyl halides is 3. The Bertz CT molecular complexity index is 647. The van der Waals surface area contributed by atoms with Crippen LogP contribution in [0.1, 0.15) is 18.4 Å². The second kappa shape index (κ2) is 7.77. The van der Waals surface area contributed by atoms with Crippen molar-refractivity contribution in [3.8, 4) is 0 Å². The summed E-state index contributed by atoms with van der Waals surface area (Å²) in [6.45, 7) is -1.82. The number of hydrogen-bond acceptors (Lipinski definition) is 3. The molecule has 1 fully saturated rings. The van der Waals surface area contributed by atoms with Gasteiger partial charge >= 0.3 is 12.2 Å². The van der Waals surface area contributed by atoms with Crippen LogP contribution in [0.3, 0.4) is 0 Å². The van der Waals surface area contributed by atoms with Crippen molar-refractivity contribution in [1.29, 1.82) is 0 Å². The summed E-state index contributed by atoms with van der Waals surface area (Å²) in [6.07, 6.45) is -3.03. The standard InChI is InChI=1S/C15H16F5N3O2/c16-10-2-1-9(12(17)5-10)6-23(11-3-4-11)7-13(24)22-14(25)21-8-15(18,19)20/h1-2,5,11H,3-4,6-8H2,(H2,21,22,24,25). The zero-order chi connectivity index (χ0) is 18.6. The molecule has 1 aromatic carbocycles. The molecule has 0 heterocycles. The summed E-state index contributed by atoms with van der Waals surface area (Å²) in [7, 11) is 0. The van der Waals surface area contributed by atoms with Crippen molar-refractivity contribution in [3.63, 3.8) is 0 Å². The third-order valence-electron chi connectivity index (χ3n) is 3.50. The molecule has 0 spiro atoms. The van der Waals surface area contributed by atoms with Gasteiger partial charge in [-0.25, -0.2) is 13.6 Å². The maximum absolute atomic E-state index is 13.7. The minimum atomic E-state index is -4.58. The Labute approximate surface area is 140 Å². The first-order chi connectivity index (χ1) is 11.6. The molecular formula is C15H16F5N3O2. The Hall–Kier alpha value is -2.23. The fraction of sp³-hybridized carbons (Fsp3) is 0.467. The van der Waals surface area contributed by atoms with Gasteiger partial charge in [0.25, 0.3) is 0 Å². The lowest BCUT2D eigenvalue weighted by molar-refractivity contribution is -0.125. The highest BCUT2D eigenvalue weighted by Gasteiger charge is 2.32. The molecule has 0 unspecified atom stereocenters. The van der Waals surface area contributed by atoms with Crippen LogP contribution in [-0.4, -0.2) is 42.1 Å². The average Bonchev–Trinajstić information content (AvgIpc) is 3.31. The lowest BCUT2D eigenvalue weighted by Gasteiger charge is -2.21. The topological polar surface area (TPSA) is 61.4 Å². The number of hydrogen-bond donors (Lipinski definition) is 2. The first-order valence-electron chi connectivity index (χ1n) is 7.46. The number of amides is 3. The Kier molecular flexibility index (Phi) is 5.93. The van der Waals surface area contributed by atoms with E-state index < -0.39 is 36.3 Å². The van der Waals surface area contributed by atoms with Crippen LogP contribution in [0.2, 0.25) is 0 Å². The maximum atomic E-state index is 13.7. The largest absolute Gasteiger partial charge is 0.405 e. The zero-order valence-corrected chi connectivity index (χ0v) is 13.0. The van der Waals surface area contributed by atoms with Crippen molar-refractivity contribution in [2.45, 2.75) is 31.6 Å². The molecule has 0 bridgehead atoms. The second-order valence-electron chi connectivity index (χ2n) is 5.72. The van der Waals surface area contributed by atoms with E-state index in [0.717, 1.165) is 25.0 Å². The van der Waals surface area contributed by atoms with Gasteiger partial charge in [0.05, 0.1) is 6.54 Å². The van der Waals surface area contributed by atoms with E-state index in [2.05, 4.69) is 0 Å². The van der Waals surface area contributed by atoms with Gasteiger partial charge in [-0.2, -0.15) is 13.2 Å². The first-order valence-corrected chi connectivity index (χ1v) is 7.46. The van der Waals surface area contributed by atoms with Crippen LogP contribution in [-0.2, 0) is 11.3 Å². The SMILES string of the molecule is O=C(CN(Cc1ccc(F)cc1F)C1CC1)NC(=O)NCC(F)(F)F. The number of halogens is 5. The van der Waals surface area contributed by atoms with E-state index in [4.69, 9.17) is 0 Å². The second-order valence-corrected chi connectivity index (χ2v) is 5.72. The maximum Gasteiger partial charge on any atom is 0.405 e. The highest BCUT2D eigenvalue weighted by Crippen LogP contribution is 2.28. The zero-order valence-electron chi connectivity index (χ0n) is 13.0. The highest BCUT2D eigenvalue weighted by molar-refractivity contribution is 5.95. The molecule has 1 aromatic rings. The summed E-state index contributed by atoms with van der Waals surface area (Å²) in [5.41, 5.74) is 0.183. The Balaban J connectivity index is 1.88. The smallest absolute Gasteiger partial charge is 0.329 e. The molecule has 25 heavy (non-hydrogen) atoms. The number of nitrogens with one attached hydrogen (secondary N) is 2. The molecule has 5 nitrogen and oxygen atoms in total. The predicted molar refractivity (Wildman–Crippen MR) is 77.4 cm³/mol. The van der Waals surface area contributed by atoms with E-state index >= 15 is 0 Å². The van der Waals surface area contributed by atoms with Crippen LogP contribution in [0.25, 0.3) is 0 Å². The molecular weight excluding hydrogens is 349 g/mol. The molecule has 2 rings (SSSR count). The number of rotatable bonds is 6. The number of benzene rings is 1. The van der Waals surface area contributed by atoms with Crippen LogP contribution >= 0.6 is 0 Å². The van der Waals surface area contributed by atoms with Gasteiger partial charge in [0.2, 0.25) is 5.91 Å². The third-order valence-corrected chi connectivity index (χ3v) is 3.50. The summed E-state index contributed by atoms with van der Waals surface area (Å²) in [5, 5.41) is 3.31. The number of nitrogens with zero attached hydrogens (tertiary/aromatic N) is 1. The Morgan fingerprint density at radius 2 is 1.88 bits per heavy atom. The van der Waals surface area contributed by atoms with E-state index in [1.807, 2.05) is 0 Å². The van der Waals surface area contributed by atoms with Gasteiger partial charge in [0, 0.05) is 24.2 Å². The fourth-order valence-electron chi connectivity index (χ4n) is 2.20. The first kappa shape index (κ1) is 19.1. The number of carbonyl (C=O) groups is 2.